The number of hydrogen-bond acceptors (Lipinski definition) is 3. The van der Waals surface area contributed by atoms with Gasteiger partial charge in [0.15, 0.2) is 5.11 Å². The molecule has 7 heteroatoms. The van der Waals surface area contributed by atoms with E-state index < -0.39 is 0 Å². The third kappa shape index (κ3) is 4.87. The highest BCUT2D eigenvalue weighted by Gasteiger charge is 2.23. The zero-order valence-corrected chi connectivity index (χ0v) is 16.4. The first-order chi connectivity index (χ1) is 13.1. The maximum absolute atomic E-state index is 13.8. The minimum absolute atomic E-state index is 0.297. The predicted octanol–water partition coefficient (Wildman–Crippen LogP) is 1.94. The molecule has 1 fully saturated rings. The monoisotopic (exact) mass is 390 g/mol. The van der Waals surface area contributed by atoms with Gasteiger partial charge < -0.3 is 24.6 Å². The second kappa shape index (κ2) is 9.01. The summed E-state index contributed by atoms with van der Waals surface area (Å²) in [7, 11) is 3.35. The second-order valence-corrected chi connectivity index (χ2v) is 6.89. The zero-order valence-electron chi connectivity index (χ0n) is 15.6. The number of hydrogen-bond donors (Lipinski definition) is 2. The van der Waals surface area contributed by atoms with Crippen molar-refractivity contribution in [3.63, 3.8) is 0 Å². The van der Waals surface area contributed by atoms with E-state index in [0.717, 1.165) is 49.8 Å². The standard InChI is InChI=1S/C20H24FN3O2S/c1-25-16-7-8-19(26-2)15(13-16)14-23-9-11-24(12-10-23)20(27)22-18-6-4-3-5-17(18)21/h3-8,13H,9-12,14H2,1-2H3,(H,22,27)/p+1. The van der Waals surface area contributed by atoms with Gasteiger partial charge >= 0.3 is 0 Å². The first-order valence-corrected chi connectivity index (χ1v) is 9.36. The summed E-state index contributed by atoms with van der Waals surface area (Å²) in [5.74, 6) is 1.41. The van der Waals surface area contributed by atoms with Gasteiger partial charge in [-0.25, -0.2) is 4.39 Å². The molecule has 144 valence electrons. The Bertz CT molecular complexity index is 795. The van der Waals surface area contributed by atoms with Gasteiger partial charge in [0, 0.05) is 0 Å². The number of nitrogens with one attached hydrogen (secondary N) is 2. The van der Waals surface area contributed by atoms with Crippen molar-refractivity contribution < 1.29 is 18.8 Å². The highest BCUT2D eigenvalue weighted by Crippen LogP contribution is 2.23. The molecule has 0 saturated carbocycles. The van der Waals surface area contributed by atoms with Gasteiger partial charge in [-0.2, -0.15) is 0 Å². The van der Waals surface area contributed by atoms with Gasteiger partial charge in [0.1, 0.15) is 23.9 Å². The maximum Gasteiger partial charge on any atom is 0.173 e. The van der Waals surface area contributed by atoms with Crippen molar-refractivity contribution in [2.75, 3.05) is 45.7 Å². The fourth-order valence-corrected chi connectivity index (χ4v) is 3.54. The normalized spacial score (nSPS) is 14.7. The molecule has 0 aliphatic carbocycles. The highest BCUT2D eigenvalue weighted by molar-refractivity contribution is 7.80. The van der Waals surface area contributed by atoms with Crippen LogP contribution in [0.3, 0.4) is 0 Å². The summed E-state index contributed by atoms with van der Waals surface area (Å²) >= 11 is 5.46. The van der Waals surface area contributed by atoms with Gasteiger partial charge in [-0.1, -0.05) is 12.1 Å². The number of quaternary nitrogens is 1. The van der Waals surface area contributed by atoms with Gasteiger partial charge in [0.2, 0.25) is 0 Å². The Morgan fingerprint density at radius 3 is 2.56 bits per heavy atom. The van der Waals surface area contributed by atoms with E-state index in [4.69, 9.17) is 21.7 Å². The van der Waals surface area contributed by atoms with E-state index in [1.54, 1.807) is 32.4 Å². The summed E-state index contributed by atoms with van der Waals surface area (Å²) in [6, 6.07) is 12.4. The Hall–Kier alpha value is -2.38. The molecule has 0 spiro atoms. The molecule has 1 heterocycles. The van der Waals surface area contributed by atoms with Crippen molar-refractivity contribution in [3.8, 4) is 11.5 Å². The molecular formula is C20H25FN3O2S+. The van der Waals surface area contributed by atoms with Crippen molar-refractivity contribution in [2.24, 2.45) is 0 Å². The lowest BCUT2D eigenvalue weighted by Crippen LogP contribution is -3.13. The summed E-state index contributed by atoms with van der Waals surface area (Å²) in [6.07, 6.45) is 0. The summed E-state index contributed by atoms with van der Waals surface area (Å²) in [4.78, 5) is 3.54. The highest BCUT2D eigenvalue weighted by atomic mass is 32.1. The molecule has 0 aromatic heterocycles. The van der Waals surface area contributed by atoms with Gasteiger partial charge in [0.05, 0.1) is 51.6 Å². The Morgan fingerprint density at radius 2 is 1.89 bits per heavy atom. The van der Waals surface area contributed by atoms with Crippen LogP contribution in [0.25, 0.3) is 0 Å². The molecular weight excluding hydrogens is 365 g/mol. The Balaban J connectivity index is 1.56. The largest absolute Gasteiger partial charge is 0.497 e. The lowest BCUT2D eigenvalue weighted by molar-refractivity contribution is -0.917. The van der Waals surface area contributed by atoms with Gasteiger partial charge in [-0.05, 0) is 42.5 Å². The van der Waals surface area contributed by atoms with Crippen LogP contribution in [0, 0.1) is 5.82 Å². The predicted molar refractivity (Wildman–Crippen MR) is 108 cm³/mol. The van der Waals surface area contributed by atoms with Crippen LogP contribution >= 0.6 is 12.2 Å². The number of anilines is 1. The van der Waals surface area contributed by atoms with Crippen LogP contribution in [-0.2, 0) is 6.54 Å². The Labute approximate surface area is 164 Å². The van der Waals surface area contributed by atoms with E-state index in [1.807, 2.05) is 18.2 Å². The maximum atomic E-state index is 13.8. The molecule has 3 rings (SSSR count). The van der Waals surface area contributed by atoms with E-state index in [1.165, 1.54) is 11.0 Å². The molecule has 0 bridgehead atoms. The summed E-state index contributed by atoms with van der Waals surface area (Å²) in [5, 5.41) is 3.58. The molecule has 2 N–H and O–H groups in total. The summed E-state index contributed by atoms with van der Waals surface area (Å²) in [5.41, 5.74) is 1.55. The number of rotatable bonds is 5. The number of benzene rings is 2. The van der Waals surface area contributed by atoms with E-state index >= 15 is 0 Å². The van der Waals surface area contributed by atoms with E-state index in [-0.39, 0.29) is 5.82 Å². The van der Waals surface area contributed by atoms with Gasteiger partial charge in [0.25, 0.3) is 0 Å². The number of para-hydroxylation sites is 1. The molecule has 2 aromatic rings. The van der Waals surface area contributed by atoms with Crippen LogP contribution in [0.15, 0.2) is 42.5 Å². The zero-order chi connectivity index (χ0) is 19.2. The summed E-state index contributed by atoms with van der Waals surface area (Å²) in [6.45, 7) is 4.39. The number of thiocarbonyl (C=S) groups is 1. The number of nitrogens with zero attached hydrogens (tertiary/aromatic N) is 1. The molecule has 2 aromatic carbocycles. The molecule has 0 unspecified atom stereocenters. The van der Waals surface area contributed by atoms with Crippen molar-refractivity contribution in [1.29, 1.82) is 0 Å². The van der Waals surface area contributed by atoms with Crippen LogP contribution in [0.4, 0.5) is 10.1 Å². The SMILES string of the molecule is COc1ccc(OC)c(C[NH+]2CCN(C(=S)Nc3ccccc3F)CC2)c1. The average Bonchev–Trinajstić information content (AvgIpc) is 2.70. The smallest absolute Gasteiger partial charge is 0.173 e. The third-order valence-electron chi connectivity index (χ3n) is 4.80. The lowest BCUT2D eigenvalue weighted by atomic mass is 10.1. The van der Waals surface area contributed by atoms with Gasteiger partial charge in [-0.3, -0.25) is 0 Å². The Kier molecular flexibility index (Phi) is 6.47. The van der Waals surface area contributed by atoms with E-state index in [0.29, 0.717) is 10.8 Å². The molecule has 0 atom stereocenters. The topological polar surface area (TPSA) is 38.2 Å². The van der Waals surface area contributed by atoms with Gasteiger partial charge in [-0.15, -0.1) is 0 Å². The van der Waals surface area contributed by atoms with Crippen LogP contribution in [0.1, 0.15) is 5.56 Å². The fourth-order valence-electron chi connectivity index (χ4n) is 3.25. The Morgan fingerprint density at radius 1 is 1.15 bits per heavy atom. The van der Waals surface area contributed by atoms with Crippen molar-refractivity contribution >= 4 is 23.0 Å². The second-order valence-electron chi connectivity index (χ2n) is 6.50. The molecule has 0 radical (unpaired) electrons. The molecule has 27 heavy (non-hydrogen) atoms. The number of piperazine rings is 1. The number of halogens is 1. The fraction of sp³-hybridized carbons (Fsp3) is 0.350. The quantitative estimate of drug-likeness (QED) is 0.764. The first-order valence-electron chi connectivity index (χ1n) is 8.95. The van der Waals surface area contributed by atoms with Crippen molar-refractivity contribution in [3.05, 3.63) is 53.8 Å². The molecule has 1 aliphatic heterocycles. The molecule has 1 saturated heterocycles. The van der Waals surface area contributed by atoms with E-state index in [9.17, 15) is 4.39 Å². The average molecular weight is 391 g/mol. The van der Waals surface area contributed by atoms with Crippen LogP contribution in [-0.4, -0.2) is 50.4 Å². The minimum atomic E-state index is -0.297. The van der Waals surface area contributed by atoms with E-state index in [2.05, 4.69) is 10.2 Å². The lowest BCUT2D eigenvalue weighted by Gasteiger charge is -2.34. The van der Waals surface area contributed by atoms with Crippen molar-refractivity contribution in [1.82, 2.24) is 4.90 Å². The minimum Gasteiger partial charge on any atom is -0.497 e. The first kappa shape index (κ1) is 19.4. The van der Waals surface area contributed by atoms with Crippen molar-refractivity contribution in [2.45, 2.75) is 6.54 Å². The number of ether oxygens (including phenoxy) is 2. The van der Waals surface area contributed by atoms with Crippen LogP contribution in [0.5, 0.6) is 11.5 Å². The van der Waals surface area contributed by atoms with Crippen LogP contribution in [0.2, 0.25) is 0 Å². The molecule has 1 aliphatic rings. The molecule has 0 amide bonds. The number of methoxy groups -OCH3 is 2. The third-order valence-corrected chi connectivity index (χ3v) is 5.16. The van der Waals surface area contributed by atoms with Crippen LogP contribution < -0.4 is 19.7 Å². The molecule has 5 nitrogen and oxygen atoms in total. The summed E-state index contributed by atoms with van der Waals surface area (Å²) < 4.78 is 24.6.